The summed E-state index contributed by atoms with van der Waals surface area (Å²) in [5.74, 6) is -0.677. The van der Waals surface area contributed by atoms with Crippen molar-refractivity contribution in [1.29, 1.82) is 0 Å². The van der Waals surface area contributed by atoms with Gasteiger partial charge in [0.2, 0.25) is 0 Å². The number of carboxylic acid groups (broad SMARTS) is 1. The first-order valence-corrected chi connectivity index (χ1v) is 5.21. The SMILES string of the molecule is Cc1ncc(NC(C)C(C)C(=O)O)nc1C. The van der Waals surface area contributed by atoms with Gasteiger partial charge >= 0.3 is 5.97 Å². The summed E-state index contributed by atoms with van der Waals surface area (Å²) >= 11 is 0. The number of rotatable bonds is 4. The van der Waals surface area contributed by atoms with Gasteiger partial charge in [-0.15, -0.1) is 0 Å². The van der Waals surface area contributed by atoms with E-state index < -0.39 is 11.9 Å². The molecule has 1 aromatic rings. The second-order valence-electron chi connectivity index (χ2n) is 3.99. The summed E-state index contributed by atoms with van der Waals surface area (Å²) in [6, 6.07) is -0.186. The molecule has 0 fully saturated rings. The third kappa shape index (κ3) is 2.92. The number of nitrogens with zero attached hydrogens (tertiary/aromatic N) is 2. The molecule has 2 atom stereocenters. The van der Waals surface area contributed by atoms with E-state index in [9.17, 15) is 4.79 Å². The molecule has 0 aromatic carbocycles. The molecule has 1 heterocycles. The van der Waals surface area contributed by atoms with Gasteiger partial charge in [-0.05, 0) is 27.7 Å². The first-order chi connectivity index (χ1) is 7.41. The fraction of sp³-hybridized carbons (Fsp3) is 0.545. The molecule has 2 unspecified atom stereocenters. The van der Waals surface area contributed by atoms with Crippen molar-refractivity contribution in [2.75, 3.05) is 5.32 Å². The number of aromatic nitrogens is 2. The van der Waals surface area contributed by atoms with Gasteiger partial charge in [0.25, 0.3) is 0 Å². The molecule has 5 nitrogen and oxygen atoms in total. The molecular formula is C11H17N3O2. The molecule has 1 rings (SSSR count). The number of carboxylic acids is 1. The van der Waals surface area contributed by atoms with E-state index in [1.807, 2.05) is 20.8 Å². The van der Waals surface area contributed by atoms with Gasteiger partial charge in [0.1, 0.15) is 5.82 Å². The van der Waals surface area contributed by atoms with Crippen LogP contribution in [0.3, 0.4) is 0 Å². The summed E-state index contributed by atoms with van der Waals surface area (Å²) in [5, 5.41) is 11.9. The molecule has 88 valence electrons. The quantitative estimate of drug-likeness (QED) is 0.811. The van der Waals surface area contributed by atoms with E-state index in [0.717, 1.165) is 11.4 Å². The largest absolute Gasteiger partial charge is 0.481 e. The molecule has 0 bridgehead atoms. The Kier molecular flexibility index (Phi) is 3.82. The molecule has 0 aliphatic heterocycles. The summed E-state index contributed by atoms with van der Waals surface area (Å²) in [6.07, 6.45) is 1.62. The van der Waals surface area contributed by atoms with E-state index in [1.165, 1.54) is 0 Å². The summed E-state index contributed by atoms with van der Waals surface area (Å²) < 4.78 is 0. The number of nitrogens with one attached hydrogen (secondary N) is 1. The van der Waals surface area contributed by atoms with Crippen molar-refractivity contribution >= 4 is 11.8 Å². The van der Waals surface area contributed by atoms with Gasteiger partial charge in [-0.2, -0.15) is 0 Å². The van der Waals surface area contributed by atoms with Crippen molar-refractivity contribution in [3.8, 4) is 0 Å². The lowest BCUT2D eigenvalue weighted by atomic mass is 10.0. The summed E-state index contributed by atoms with van der Waals surface area (Å²) in [5.41, 5.74) is 1.73. The smallest absolute Gasteiger partial charge is 0.308 e. The van der Waals surface area contributed by atoms with Crippen molar-refractivity contribution in [2.24, 2.45) is 5.92 Å². The van der Waals surface area contributed by atoms with Crippen LogP contribution in [0.1, 0.15) is 25.2 Å². The predicted molar refractivity (Wildman–Crippen MR) is 61.4 cm³/mol. The molecule has 0 saturated carbocycles. The molecule has 2 N–H and O–H groups in total. The van der Waals surface area contributed by atoms with Crippen LogP contribution in [0.2, 0.25) is 0 Å². The Morgan fingerprint density at radius 2 is 2.00 bits per heavy atom. The predicted octanol–water partition coefficient (Wildman–Crippen LogP) is 1.61. The molecule has 5 heteroatoms. The number of anilines is 1. The van der Waals surface area contributed by atoms with Crippen molar-refractivity contribution < 1.29 is 9.90 Å². The van der Waals surface area contributed by atoms with Crippen LogP contribution in [-0.2, 0) is 4.79 Å². The Labute approximate surface area is 94.9 Å². The summed E-state index contributed by atoms with van der Waals surface area (Å²) in [6.45, 7) is 7.23. The van der Waals surface area contributed by atoms with E-state index in [0.29, 0.717) is 5.82 Å². The number of hydrogen-bond donors (Lipinski definition) is 2. The third-order valence-electron chi connectivity index (χ3n) is 2.71. The number of hydrogen-bond acceptors (Lipinski definition) is 4. The second kappa shape index (κ2) is 4.92. The maximum atomic E-state index is 10.8. The summed E-state index contributed by atoms with van der Waals surface area (Å²) in [4.78, 5) is 19.2. The zero-order chi connectivity index (χ0) is 12.3. The second-order valence-corrected chi connectivity index (χ2v) is 3.99. The highest BCUT2D eigenvalue weighted by Crippen LogP contribution is 2.11. The lowest BCUT2D eigenvalue weighted by molar-refractivity contribution is -0.141. The number of carbonyl (C=O) groups is 1. The number of aryl methyl sites for hydroxylation is 2. The van der Waals surface area contributed by atoms with Gasteiger partial charge in [-0.25, -0.2) is 4.98 Å². The van der Waals surface area contributed by atoms with Crippen LogP contribution >= 0.6 is 0 Å². The van der Waals surface area contributed by atoms with Crippen molar-refractivity contribution in [1.82, 2.24) is 9.97 Å². The first-order valence-electron chi connectivity index (χ1n) is 5.21. The maximum absolute atomic E-state index is 10.8. The lowest BCUT2D eigenvalue weighted by Gasteiger charge is -2.18. The topological polar surface area (TPSA) is 75.1 Å². The highest BCUT2D eigenvalue weighted by Gasteiger charge is 2.19. The highest BCUT2D eigenvalue weighted by atomic mass is 16.4. The van der Waals surface area contributed by atoms with Gasteiger partial charge in [-0.3, -0.25) is 9.78 Å². The fourth-order valence-corrected chi connectivity index (χ4v) is 1.18. The molecule has 0 aliphatic rings. The molecule has 16 heavy (non-hydrogen) atoms. The Hall–Kier alpha value is -1.65. The molecule has 1 aromatic heterocycles. The van der Waals surface area contributed by atoms with E-state index in [2.05, 4.69) is 15.3 Å². The molecule has 0 radical (unpaired) electrons. The van der Waals surface area contributed by atoms with Gasteiger partial charge < -0.3 is 10.4 Å². The zero-order valence-corrected chi connectivity index (χ0v) is 9.98. The zero-order valence-electron chi connectivity index (χ0n) is 9.98. The lowest BCUT2D eigenvalue weighted by Crippen LogP contribution is -2.30. The van der Waals surface area contributed by atoms with E-state index in [1.54, 1.807) is 13.1 Å². The van der Waals surface area contributed by atoms with Crippen molar-refractivity contribution in [3.05, 3.63) is 17.6 Å². The van der Waals surface area contributed by atoms with Gasteiger partial charge in [0, 0.05) is 6.04 Å². The van der Waals surface area contributed by atoms with E-state index in [-0.39, 0.29) is 6.04 Å². The van der Waals surface area contributed by atoms with Crippen LogP contribution in [0.4, 0.5) is 5.82 Å². The van der Waals surface area contributed by atoms with Crippen LogP contribution < -0.4 is 5.32 Å². The normalized spacial score (nSPS) is 14.2. The van der Waals surface area contributed by atoms with E-state index in [4.69, 9.17) is 5.11 Å². The van der Waals surface area contributed by atoms with Crippen molar-refractivity contribution in [3.63, 3.8) is 0 Å². The Balaban J connectivity index is 2.73. The van der Waals surface area contributed by atoms with Gasteiger partial charge in [0.15, 0.2) is 0 Å². The molecular weight excluding hydrogens is 206 g/mol. The van der Waals surface area contributed by atoms with Crippen molar-refractivity contribution in [2.45, 2.75) is 33.7 Å². The van der Waals surface area contributed by atoms with Crippen LogP contribution in [0.5, 0.6) is 0 Å². The monoisotopic (exact) mass is 223 g/mol. The first kappa shape index (κ1) is 12.4. The van der Waals surface area contributed by atoms with Gasteiger partial charge in [-0.1, -0.05) is 0 Å². The van der Waals surface area contributed by atoms with Crippen LogP contribution in [0.15, 0.2) is 6.20 Å². The Morgan fingerprint density at radius 1 is 1.38 bits per heavy atom. The molecule has 0 saturated heterocycles. The number of aliphatic carboxylic acids is 1. The van der Waals surface area contributed by atoms with E-state index >= 15 is 0 Å². The Morgan fingerprint density at radius 3 is 2.50 bits per heavy atom. The average molecular weight is 223 g/mol. The minimum absolute atomic E-state index is 0.186. The minimum atomic E-state index is -0.822. The fourth-order valence-electron chi connectivity index (χ4n) is 1.18. The van der Waals surface area contributed by atoms with Crippen LogP contribution in [-0.4, -0.2) is 27.1 Å². The minimum Gasteiger partial charge on any atom is -0.481 e. The van der Waals surface area contributed by atoms with Crippen LogP contribution in [0, 0.1) is 19.8 Å². The van der Waals surface area contributed by atoms with Gasteiger partial charge in [0.05, 0.1) is 23.5 Å². The molecule has 0 amide bonds. The Bertz CT molecular complexity index is 393. The summed E-state index contributed by atoms with van der Waals surface area (Å²) in [7, 11) is 0. The average Bonchev–Trinajstić information content (AvgIpc) is 2.22. The standard InChI is InChI=1S/C11H17N3O2/c1-6(11(15)16)7(2)13-10-5-12-8(3)9(4)14-10/h5-7H,1-4H3,(H,13,14)(H,15,16). The highest BCUT2D eigenvalue weighted by molar-refractivity contribution is 5.70. The maximum Gasteiger partial charge on any atom is 0.308 e. The molecule has 0 spiro atoms. The van der Waals surface area contributed by atoms with Crippen LogP contribution in [0.25, 0.3) is 0 Å². The third-order valence-corrected chi connectivity index (χ3v) is 2.71. The molecule has 0 aliphatic carbocycles.